The second kappa shape index (κ2) is 4.57. The summed E-state index contributed by atoms with van der Waals surface area (Å²) < 4.78 is 5.06. The van der Waals surface area contributed by atoms with Crippen LogP contribution in [0.2, 0.25) is 0 Å². The monoisotopic (exact) mass is 247 g/mol. The lowest BCUT2D eigenvalue weighted by Crippen LogP contribution is -2.62. The van der Waals surface area contributed by atoms with Crippen molar-refractivity contribution in [3.05, 3.63) is 23.9 Å². The van der Waals surface area contributed by atoms with E-state index in [1.807, 2.05) is 4.90 Å². The lowest BCUT2D eigenvalue weighted by atomic mass is 9.93. The molecule has 18 heavy (non-hydrogen) atoms. The molecule has 5 heteroatoms. The zero-order valence-corrected chi connectivity index (χ0v) is 10.4. The number of amides is 1. The van der Waals surface area contributed by atoms with Gasteiger partial charge in [-0.15, -0.1) is 0 Å². The van der Waals surface area contributed by atoms with Crippen LogP contribution in [0, 0.1) is 0 Å². The summed E-state index contributed by atoms with van der Waals surface area (Å²) in [4.78, 5) is 18.6. The van der Waals surface area contributed by atoms with Crippen LogP contribution in [-0.4, -0.2) is 48.1 Å². The highest BCUT2D eigenvalue weighted by molar-refractivity contribution is 5.92. The highest BCUT2D eigenvalue weighted by atomic mass is 16.5. The Balaban J connectivity index is 1.81. The Morgan fingerprint density at radius 3 is 3.00 bits per heavy atom. The first-order valence-electron chi connectivity index (χ1n) is 6.33. The second-order valence-corrected chi connectivity index (χ2v) is 4.86. The molecule has 0 aliphatic carbocycles. The van der Waals surface area contributed by atoms with Crippen molar-refractivity contribution in [1.82, 2.24) is 15.2 Å². The molecule has 1 amide bonds. The molecule has 0 spiro atoms. The van der Waals surface area contributed by atoms with Crippen molar-refractivity contribution >= 4 is 5.91 Å². The summed E-state index contributed by atoms with van der Waals surface area (Å²) >= 11 is 0. The van der Waals surface area contributed by atoms with Crippen molar-refractivity contribution in [1.29, 1.82) is 0 Å². The number of pyridine rings is 1. The van der Waals surface area contributed by atoms with E-state index in [2.05, 4.69) is 10.3 Å². The van der Waals surface area contributed by atoms with Gasteiger partial charge in [0.1, 0.15) is 5.69 Å². The Morgan fingerprint density at radius 2 is 2.39 bits per heavy atom. The minimum atomic E-state index is 0.0186. The largest absolute Gasteiger partial charge is 0.481 e. The van der Waals surface area contributed by atoms with Gasteiger partial charge in [0.15, 0.2) is 0 Å². The summed E-state index contributed by atoms with van der Waals surface area (Å²) in [7, 11) is 1.56. The molecule has 2 atom stereocenters. The van der Waals surface area contributed by atoms with E-state index in [0.717, 1.165) is 19.5 Å². The molecular weight excluding hydrogens is 230 g/mol. The molecule has 96 valence electrons. The van der Waals surface area contributed by atoms with Crippen LogP contribution in [0.4, 0.5) is 0 Å². The summed E-state index contributed by atoms with van der Waals surface area (Å²) in [5.41, 5.74) is 0.474. The average Bonchev–Trinajstić information content (AvgIpc) is 2.47. The van der Waals surface area contributed by atoms with Crippen LogP contribution in [0.3, 0.4) is 0 Å². The first-order valence-corrected chi connectivity index (χ1v) is 6.33. The number of nitrogens with one attached hydrogen (secondary N) is 1. The number of hydrogen-bond acceptors (Lipinski definition) is 4. The second-order valence-electron chi connectivity index (χ2n) is 4.86. The average molecular weight is 247 g/mol. The molecule has 2 bridgehead atoms. The predicted octanol–water partition coefficient (Wildman–Crippen LogP) is 0.667. The molecule has 0 radical (unpaired) electrons. The normalized spacial score (nSPS) is 26.2. The maximum Gasteiger partial charge on any atom is 0.272 e. The number of fused-ring (bicyclic) bond motifs is 3. The summed E-state index contributed by atoms with van der Waals surface area (Å²) in [5.74, 6) is 0.506. The number of hydrogen-bond donors (Lipinski definition) is 1. The van der Waals surface area contributed by atoms with Crippen LogP contribution >= 0.6 is 0 Å². The summed E-state index contributed by atoms with van der Waals surface area (Å²) in [6.07, 6.45) is 2.26. The summed E-state index contributed by atoms with van der Waals surface area (Å²) in [6, 6.07) is 6.07. The van der Waals surface area contributed by atoms with Crippen molar-refractivity contribution in [2.45, 2.75) is 24.9 Å². The van der Waals surface area contributed by atoms with Crippen molar-refractivity contribution in [3.8, 4) is 5.88 Å². The predicted molar refractivity (Wildman–Crippen MR) is 66.6 cm³/mol. The lowest BCUT2D eigenvalue weighted by molar-refractivity contribution is 0.0434. The van der Waals surface area contributed by atoms with E-state index < -0.39 is 0 Å². The number of carbonyl (C=O) groups excluding carboxylic acids is 1. The number of piperidine rings is 2. The van der Waals surface area contributed by atoms with Crippen molar-refractivity contribution in [2.24, 2.45) is 0 Å². The topological polar surface area (TPSA) is 54.5 Å². The van der Waals surface area contributed by atoms with Gasteiger partial charge in [0, 0.05) is 31.2 Å². The van der Waals surface area contributed by atoms with Crippen LogP contribution in [0.15, 0.2) is 18.2 Å². The molecule has 1 N–H and O–H groups in total. The summed E-state index contributed by atoms with van der Waals surface area (Å²) in [6.45, 7) is 1.70. The number of piperazine rings is 1. The fraction of sp³-hybridized carbons (Fsp3) is 0.538. The van der Waals surface area contributed by atoms with E-state index in [1.54, 1.807) is 25.3 Å². The van der Waals surface area contributed by atoms with Gasteiger partial charge in [-0.1, -0.05) is 6.07 Å². The Labute approximate surface area is 106 Å². The van der Waals surface area contributed by atoms with Crippen LogP contribution < -0.4 is 10.1 Å². The van der Waals surface area contributed by atoms with Crippen molar-refractivity contribution < 1.29 is 9.53 Å². The molecular formula is C13H17N3O2. The zero-order chi connectivity index (χ0) is 12.5. The maximum atomic E-state index is 12.4. The minimum absolute atomic E-state index is 0.0186. The molecule has 0 saturated carbocycles. The van der Waals surface area contributed by atoms with E-state index in [0.29, 0.717) is 23.7 Å². The highest BCUT2D eigenvalue weighted by Crippen LogP contribution is 2.24. The van der Waals surface area contributed by atoms with Crippen LogP contribution in [-0.2, 0) is 0 Å². The Morgan fingerprint density at radius 1 is 1.50 bits per heavy atom. The molecule has 3 fully saturated rings. The van der Waals surface area contributed by atoms with Gasteiger partial charge in [-0.05, 0) is 18.9 Å². The lowest BCUT2D eigenvalue weighted by Gasteiger charge is -2.45. The number of nitrogens with zero attached hydrogens (tertiary/aromatic N) is 2. The third-order valence-electron chi connectivity index (χ3n) is 3.76. The standard InChI is InChI=1S/C13H17N3O2/c1-18-12-4-2-3-11(15-12)13(17)16-8-9-5-6-10(16)7-14-9/h2-4,9-10,14H,5-8H2,1H3. The molecule has 4 heterocycles. The molecule has 0 aromatic carbocycles. The van der Waals surface area contributed by atoms with Gasteiger partial charge in [-0.3, -0.25) is 4.79 Å². The molecule has 5 nitrogen and oxygen atoms in total. The van der Waals surface area contributed by atoms with Crippen molar-refractivity contribution in [3.63, 3.8) is 0 Å². The molecule has 3 saturated heterocycles. The van der Waals surface area contributed by atoms with E-state index >= 15 is 0 Å². The van der Waals surface area contributed by atoms with Gasteiger partial charge in [0.05, 0.1) is 7.11 Å². The molecule has 3 aliphatic heterocycles. The van der Waals surface area contributed by atoms with Gasteiger partial charge in [0.25, 0.3) is 5.91 Å². The molecule has 1 aromatic heterocycles. The number of aromatic nitrogens is 1. The molecule has 1 aromatic rings. The Bertz CT molecular complexity index is 455. The van der Waals surface area contributed by atoms with Gasteiger partial charge < -0.3 is 15.0 Å². The third-order valence-corrected chi connectivity index (χ3v) is 3.76. The number of rotatable bonds is 2. The smallest absolute Gasteiger partial charge is 0.272 e. The Kier molecular flexibility index (Phi) is 2.91. The number of carbonyl (C=O) groups is 1. The van der Waals surface area contributed by atoms with E-state index in [-0.39, 0.29) is 5.91 Å². The number of ether oxygens (including phenoxy) is 1. The molecule has 4 rings (SSSR count). The fourth-order valence-corrected chi connectivity index (χ4v) is 2.75. The van der Waals surface area contributed by atoms with E-state index in [4.69, 9.17) is 4.74 Å². The quantitative estimate of drug-likeness (QED) is 0.834. The van der Waals surface area contributed by atoms with E-state index in [9.17, 15) is 4.79 Å². The first kappa shape index (κ1) is 11.5. The van der Waals surface area contributed by atoms with Crippen LogP contribution in [0.1, 0.15) is 23.3 Å². The maximum absolute atomic E-state index is 12.4. The van der Waals surface area contributed by atoms with Crippen LogP contribution in [0.5, 0.6) is 5.88 Å². The molecule has 3 aliphatic rings. The highest BCUT2D eigenvalue weighted by Gasteiger charge is 2.36. The van der Waals surface area contributed by atoms with Crippen LogP contribution in [0.25, 0.3) is 0 Å². The molecule has 2 unspecified atom stereocenters. The van der Waals surface area contributed by atoms with E-state index in [1.165, 1.54) is 6.42 Å². The SMILES string of the molecule is COc1cccc(C(=O)N2CC3CCC2CN3)n1. The van der Waals surface area contributed by atoms with Gasteiger partial charge in [-0.2, -0.15) is 0 Å². The Hall–Kier alpha value is -1.62. The van der Waals surface area contributed by atoms with Crippen molar-refractivity contribution in [2.75, 3.05) is 20.2 Å². The first-order chi connectivity index (χ1) is 8.78. The summed E-state index contributed by atoms with van der Waals surface area (Å²) in [5, 5.41) is 3.44. The fourth-order valence-electron chi connectivity index (χ4n) is 2.75. The minimum Gasteiger partial charge on any atom is -0.481 e. The van der Waals surface area contributed by atoms with Gasteiger partial charge in [0.2, 0.25) is 5.88 Å². The zero-order valence-electron chi connectivity index (χ0n) is 10.4. The van der Waals surface area contributed by atoms with Gasteiger partial charge >= 0.3 is 0 Å². The number of methoxy groups -OCH3 is 1. The third kappa shape index (κ3) is 1.95. The van der Waals surface area contributed by atoms with Gasteiger partial charge in [-0.25, -0.2) is 4.98 Å².